The monoisotopic (exact) mass is 303 g/mol. The molecule has 0 saturated carbocycles. The minimum Gasteiger partial charge on any atom is -0.493 e. The van der Waals surface area contributed by atoms with Gasteiger partial charge in [-0.2, -0.15) is 5.10 Å². The van der Waals surface area contributed by atoms with Crippen molar-refractivity contribution in [3.63, 3.8) is 0 Å². The Morgan fingerprint density at radius 1 is 1.33 bits per heavy atom. The summed E-state index contributed by atoms with van der Waals surface area (Å²) in [6.45, 7) is 4.03. The average Bonchev–Trinajstić information content (AvgIpc) is 3.11. The third-order valence-corrected chi connectivity index (χ3v) is 4.26. The van der Waals surface area contributed by atoms with Crippen LogP contribution in [-0.4, -0.2) is 27.0 Å². The first-order valence-corrected chi connectivity index (χ1v) is 7.62. The molecule has 1 atom stereocenters. The number of aliphatic hydroxyl groups excluding tert-OH is 1. The van der Waals surface area contributed by atoms with Crippen LogP contribution in [0, 0.1) is 0 Å². The van der Waals surface area contributed by atoms with Crippen LogP contribution in [0.25, 0.3) is 10.2 Å². The molecule has 0 saturated heterocycles. The molecule has 0 aliphatic rings. The third-order valence-electron chi connectivity index (χ3n) is 3.41. The van der Waals surface area contributed by atoms with Crippen molar-refractivity contribution in [2.75, 3.05) is 7.11 Å². The Labute approximate surface area is 126 Å². The van der Waals surface area contributed by atoms with Gasteiger partial charge >= 0.3 is 0 Å². The van der Waals surface area contributed by atoms with E-state index < -0.39 is 6.10 Å². The lowest BCUT2D eigenvalue weighted by atomic mass is 10.1. The first kappa shape index (κ1) is 14.0. The fourth-order valence-electron chi connectivity index (χ4n) is 2.35. The molecule has 0 amide bonds. The van der Waals surface area contributed by atoms with Gasteiger partial charge in [0.25, 0.3) is 0 Å². The molecule has 6 heteroatoms. The largest absolute Gasteiger partial charge is 0.493 e. The number of fused-ring (bicyclic) bond motifs is 1. The highest BCUT2D eigenvalue weighted by atomic mass is 32.1. The van der Waals surface area contributed by atoms with Crippen LogP contribution in [0.2, 0.25) is 0 Å². The van der Waals surface area contributed by atoms with Gasteiger partial charge in [-0.25, -0.2) is 0 Å². The van der Waals surface area contributed by atoms with Crippen molar-refractivity contribution in [3.8, 4) is 5.75 Å². The van der Waals surface area contributed by atoms with Crippen molar-refractivity contribution in [1.82, 2.24) is 14.8 Å². The highest BCUT2D eigenvalue weighted by Gasteiger charge is 2.23. The summed E-state index contributed by atoms with van der Waals surface area (Å²) in [7, 11) is 1.58. The van der Waals surface area contributed by atoms with Crippen LogP contribution in [0.4, 0.5) is 0 Å². The van der Waals surface area contributed by atoms with Crippen LogP contribution in [0.5, 0.6) is 5.75 Å². The lowest BCUT2D eigenvalue weighted by Gasteiger charge is -2.17. The van der Waals surface area contributed by atoms with E-state index >= 15 is 0 Å². The summed E-state index contributed by atoms with van der Waals surface area (Å²) in [5, 5.41) is 17.0. The predicted octanol–water partition coefficient (Wildman–Crippen LogP) is 3.16. The molecule has 0 radical (unpaired) electrons. The fourth-order valence-corrected chi connectivity index (χ4v) is 3.14. The molecule has 21 heavy (non-hydrogen) atoms. The van der Waals surface area contributed by atoms with Crippen molar-refractivity contribution < 1.29 is 9.84 Å². The van der Waals surface area contributed by atoms with Crippen molar-refractivity contribution in [3.05, 3.63) is 41.2 Å². The van der Waals surface area contributed by atoms with E-state index in [4.69, 9.17) is 4.74 Å². The number of methoxy groups -OCH3 is 1. The highest BCUT2D eigenvalue weighted by Crippen LogP contribution is 2.33. The molecule has 110 valence electrons. The Hall–Kier alpha value is -1.92. The van der Waals surface area contributed by atoms with Gasteiger partial charge in [0, 0.05) is 17.8 Å². The van der Waals surface area contributed by atoms with Crippen molar-refractivity contribution in [2.24, 2.45) is 0 Å². The van der Waals surface area contributed by atoms with E-state index in [-0.39, 0.29) is 6.04 Å². The molecule has 3 rings (SSSR count). The lowest BCUT2D eigenvalue weighted by molar-refractivity contribution is 0.199. The van der Waals surface area contributed by atoms with Gasteiger partial charge in [-0.05, 0) is 31.4 Å². The summed E-state index contributed by atoms with van der Waals surface area (Å²) in [5.41, 5.74) is 2.34. The molecule has 0 aliphatic carbocycles. The Bertz CT molecular complexity index is 763. The maximum atomic E-state index is 10.7. The molecule has 5 nitrogen and oxygen atoms in total. The van der Waals surface area contributed by atoms with E-state index in [1.165, 1.54) is 0 Å². The van der Waals surface area contributed by atoms with Crippen LogP contribution in [0.3, 0.4) is 0 Å². The van der Waals surface area contributed by atoms with Crippen LogP contribution >= 0.6 is 11.3 Å². The molecule has 1 N–H and O–H groups in total. The van der Waals surface area contributed by atoms with Crippen LogP contribution in [0.1, 0.15) is 37.3 Å². The minimum atomic E-state index is -0.816. The molecule has 0 aromatic carbocycles. The SMILES string of the molecule is COc1cnn(C(C)C)c1C(O)c1cnc2ccsc2c1. The number of rotatable bonds is 4. The van der Waals surface area contributed by atoms with Gasteiger partial charge in [0.05, 0.1) is 23.5 Å². The lowest BCUT2D eigenvalue weighted by Crippen LogP contribution is -2.13. The van der Waals surface area contributed by atoms with Gasteiger partial charge in [0.2, 0.25) is 0 Å². The number of thiophene rings is 1. The molecule has 3 aromatic heterocycles. The number of nitrogens with zero attached hydrogens (tertiary/aromatic N) is 3. The number of aliphatic hydroxyl groups is 1. The summed E-state index contributed by atoms with van der Waals surface area (Å²) in [4.78, 5) is 4.38. The smallest absolute Gasteiger partial charge is 0.163 e. The van der Waals surface area contributed by atoms with Crippen LogP contribution < -0.4 is 4.74 Å². The van der Waals surface area contributed by atoms with E-state index in [9.17, 15) is 5.11 Å². The quantitative estimate of drug-likeness (QED) is 0.804. The van der Waals surface area contributed by atoms with Crippen molar-refractivity contribution in [2.45, 2.75) is 26.0 Å². The Morgan fingerprint density at radius 3 is 2.86 bits per heavy atom. The second-order valence-corrected chi connectivity index (χ2v) is 6.06. The van der Waals surface area contributed by atoms with Crippen molar-refractivity contribution >= 4 is 21.6 Å². The molecule has 0 spiro atoms. The molecular weight excluding hydrogens is 286 g/mol. The zero-order chi connectivity index (χ0) is 15.0. The Kier molecular flexibility index (Phi) is 3.65. The summed E-state index contributed by atoms with van der Waals surface area (Å²) in [5.74, 6) is 0.586. The molecule has 3 aromatic rings. The number of hydrogen-bond acceptors (Lipinski definition) is 5. The van der Waals surface area contributed by atoms with Gasteiger partial charge in [-0.15, -0.1) is 11.3 Å². The normalized spacial score (nSPS) is 13.0. The molecule has 0 fully saturated rings. The average molecular weight is 303 g/mol. The van der Waals surface area contributed by atoms with Gasteiger partial charge in [0.15, 0.2) is 5.75 Å². The Balaban J connectivity index is 2.08. The standard InChI is InChI=1S/C15H17N3O2S/c1-9(2)18-14(12(20-3)8-17-18)15(19)10-6-13-11(16-7-10)4-5-21-13/h4-9,15,19H,1-3H3. The summed E-state index contributed by atoms with van der Waals surface area (Å²) in [6, 6.07) is 4.07. The van der Waals surface area contributed by atoms with Crippen LogP contribution in [0.15, 0.2) is 29.9 Å². The second-order valence-electron chi connectivity index (χ2n) is 5.11. The fraction of sp³-hybridized carbons (Fsp3) is 0.333. The first-order valence-electron chi connectivity index (χ1n) is 6.74. The van der Waals surface area contributed by atoms with Crippen molar-refractivity contribution in [1.29, 1.82) is 0 Å². The molecule has 0 bridgehead atoms. The highest BCUT2D eigenvalue weighted by molar-refractivity contribution is 7.17. The predicted molar refractivity (Wildman–Crippen MR) is 82.8 cm³/mol. The molecular formula is C15H17N3O2S. The zero-order valence-corrected chi connectivity index (χ0v) is 13.0. The Morgan fingerprint density at radius 2 is 2.14 bits per heavy atom. The topological polar surface area (TPSA) is 60.2 Å². The maximum Gasteiger partial charge on any atom is 0.163 e. The van der Waals surface area contributed by atoms with Crippen LogP contribution in [-0.2, 0) is 0 Å². The second kappa shape index (κ2) is 5.46. The van der Waals surface area contributed by atoms with E-state index in [1.807, 2.05) is 31.4 Å². The van der Waals surface area contributed by atoms with E-state index in [0.29, 0.717) is 11.4 Å². The third kappa shape index (κ3) is 2.41. The number of aromatic nitrogens is 3. The molecule has 0 aliphatic heterocycles. The zero-order valence-electron chi connectivity index (χ0n) is 12.1. The first-order chi connectivity index (χ1) is 10.1. The molecule has 1 unspecified atom stereocenters. The van der Waals surface area contributed by atoms with E-state index in [0.717, 1.165) is 15.8 Å². The van der Waals surface area contributed by atoms with Gasteiger partial charge in [-0.1, -0.05) is 0 Å². The van der Waals surface area contributed by atoms with E-state index in [1.54, 1.807) is 35.5 Å². The van der Waals surface area contributed by atoms with Gasteiger partial charge < -0.3 is 9.84 Å². The van der Waals surface area contributed by atoms with Gasteiger partial charge in [0.1, 0.15) is 11.8 Å². The van der Waals surface area contributed by atoms with E-state index in [2.05, 4.69) is 10.1 Å². The number of pyridine rings is 1. The summed E-state index contributed by atoms with van der Waals surface area (Å²) < 4.78 is 8.17. The summed E-state index contributed by atoms with van der Waals surface area (Å²) >= 11 is 1.61. The summed E-state index contributed by atoms with van der Waals surface area (Å²) in [6.07, 6.45) is 2.52. The number of ether oxygens (including phenoxy) is 1. The minimum absolute atomic E-state index is 0.136. The maximum absolute atomic E-state index is 10.7. The van der Waals surface area contributed by atoms with Gasteiger partial charge in [-0.3, -0.25) is 9.67 Å². The number of hydrogen-bond donors (Lipinski definition) is 1. The molecule has 3 heterocycles.